The number of ether oxygens (including phenoxy) is 1. The summed E-state index contributed by atoms with van der Waals surface area (Å²) in [5.41, 5.74) is 0.244. The Morgan fingerprint density at radius 3 is 2.15 bits per heavy atom. The second-order valence-electron chi connectivity index (χ2n) is 7.18. The molecule has 0 aromatic heterocycles. The fourth-order valence-electron chi connectivity index (χ4n) is 5.29. The average molecular weight is 279 g/mol. The van der Waals surface area contributed by atoms with Crippen LogP contribution in [-0.4, -0.2) is 25.0 Å². The second-order valence-corrected chi connectivity index (χ2v) is 7.18. The Morgan fingerprint density at radius 1 is 1.10 bits per heavy atom. The predicted octanol–water partition coefficient (Wildman–Crippen LogP) is 2.27. The first-order valence-corrected chi connectivity index (χ1v) is 8.01. The van der Waals surface area contributed by atoms with Gasteiger partial charge in [-0.25, -0.2) is 0 Å². The van der Waals surface area contributed by atoms with Crippen molar-refractivity contribution < 1.29 is 14.3 Å². The van der Waals surface area contributed by atoms with Crippen molar-refractivity contribution >= 4 is 11.9 Å². The Bertz CT molecular complexity index is 369. The molecule has 4 aliphatic carbocycles. The van der Waals surface area contributed by atoms with Gasteiger partial charge < -0.3 is 10.1 Å². The summed E-state index contributed by atoms with van der Waals surface area (Å²) in [7, 11) is 0. The van der Waals surface area contributed by atoms with Gasteiger partial charge in [-0.05, 0) is 68.6 Å². The van der Waals surface area contributed by atoms with Crippen molar-refractivity contribution in [2.45, 2.75) is 51.9 Å². The maximum absolute atomic E-state index is 12.1. The number of esters is 1. The number of rotatable bonds is 5. The molecule has 4 saturated carbocycles. The van der Waals surface area contributed by atoms with Gasteiger partial charge in [-0.3, -0.25) is 9.59 Å². The van der Waals surface area contributed by atoms with Crippen LogP contribution in [0.25, 0.3) is 0 Å². The molecule has 0 unspecified atom stereocenters. The van der Waals surface area contributed by atoms with Gasteiger partial charge in [0.05, 0.1) is 6.61 Å². The molecule has 0 aromatic rings. The van der Waals surface area contributed by atoms with E-state index in [4.69, 9.17) is 4.74 Å². The van der Waals surface area contributed by atoms with Crippen LogP contribution in [0.2, 0.25) is 0 Å². The van der Waals surface area contributed by atoms with E-state index in [2.05, 4.69) is 5.32 Å². The molecule has 0 spiro atoms. The van der Waals surface area contributed by atoms with Crippen LogP contribution in [0.3, 0.4) is 0 Å². The SMILES string of the molecule is CCOC(=O)CNC(=O)CC12CC3CC(CC(C3)C1)C2. The van der Waals surface area contributed by atoms with E-state index >= 15 is 0 Å². The van der Waals surface area contributed by atoms with Gasteiger partial charge in [-0.1, -0.05) is 0 Å². The Kier molecular flexibility index (Phi) is 3.74. The van der Waals surface area contributed by atoms with Crippen LogP contribution in [0, 0.1) is 23.2 Å². The molecule has 4 bridgehead atoms. The van der Waals surface area contributed by atoms with E-state index in [1.54, 1.807) is 6.92 Å². The molecule has 1 N–H and O–H groups in total. The fourth-order valence-corrected chi connectivity index (χ4v) is 5.29. The van der Waals surface area contributed by atoms with Crippen LogP contribution in [0.1, 0.15) is 51.9 Å². The number of hydrogen-bond donors (Lipinski definition) is 1. The standard InChI is InChI=1S/C16H25NO3/c1-2-20-15(19)10-17-14(18)9-16-6-11-3-12(7-16)5-13(4-11)8-16/h11-13H,2-10H2,1H3,(H,17,18). The number of nitrogens with one attached hydrogen (secondary N) is 1. The van der Waals surface area contributed by atoms with E-state index in [0.717, 1.165) is 17.8 Å². The molecule has 4 heteroatoms. The van der Waals surface area contributed by atoms with Crippen molar-refractivity contribution in [1.82, 2.24) is 5.32 Å². The lowest BCUT2D eigenvalue weighted by molar-refractivity contribution is -0.144. The molecule has 0 aromatic carbocycles. The van der Waals surface area contributed by atoms with Crippen molar-refractivity contribution in [3.63, 3.8) is 0 Å². The van der Waals surface area contributed by atoms with Crippen LogP contribution in [0.15, 0.2) is 0 Å². The molecule has 1 amide bonds. The molecule has 0 aliphatic heterocycles. The second kappa shape index (κ2) is 5.38. The van der Waals surface area contributed by atoms with Crippen LogP contribution >= 0.6 is 0 Å². The Labute approximate surface area is 120 Å². The van der Waals surface area contributed by atoms with Gasteiger partial charge in [-0.2, -0.15) is 0 Å². The fraction of sp³-hybridized carbons (Fsp3) is 0.875. The van der Waals surface area contributed by atoms with Gasteiger partial charge in [0.2, 0.25) is 5.91 Å². The van der Waals surface area contributed by atoms with Gasteiger partial charge in [0.25, 0.3) is 0 Å². The molecule has 4 rings (SSSR count). The Morgan fingerprint density at radius 2 is 1.65 bits per heavy atom. The van der Waals surface area contributed by atoms with E-state index in [-0.39, 0.29) is 23.8 Å². The zero-order chi connectivity index (χ0) is 14.2. The van der Waals surface area contributed by atoms with Crippen LogP contribution in [-0.2, 0) is 14.3 Å². The van der Waals surface area contributed by atoms with Crippen molar-refractivity contribution in [2.24, 2.45) is 23.2 Å². The third kappa shape index (κ3) is 2.84. The summed E-state index contributed by atoms with van der Waals surface area (Å²) in [4.78, 5) is 23.4. The summed E-state index contributed by atoms with van der Waals surface area (Å²) in [6, 6.07) is 0. The highest BCUT2D eigenvalue weighted by atomic mass is 16.5. The summed E-state index contributed by atoms with van der Waals surface area (Å²) in [5.74, 6) is 2.27. The van der Waals surface area contributed by atoms with Crippen LogP contribution in [0.5, 0.6) is 0 Å². The first-order valence-electron chi connectivity index (χ1n) is 8.01. The van der Waals surface area contributed by atoms with Gasteiger partial charge in [-0.15, -0.1) is 0 Å². The minimum absolute atomic E-state index is 0.0129. The lowest BCUT2D eigenvalue weighted by Gasteiger charge is -2.56. The zero-order valence-electron chi connectivity index (χ0n) is 12.3. The maximum Gasteiger partial charge on any atom is 0.325 e. The molecule has 0 heterocycles. The topological polar surface area (TPSA) is 55.4 Å². The van der Waals surface area contributed by atoms with E-state index in [9.17, 15) is 9.59 Å². The smallest absolute Gasteiger partial charge is 0.325 e. The molecule has 4 nitrogen and oxygen atoms in total. The minimum Gasteiger partial charge on any atom is -0.465 e. The molecule has 0 saturated heterocycles. The van der Waals surface area contributed by atoms with Gasteiger partial charge in [0.15, 0.2) is 0 Å². The zero-order valence-corrected chi connectivity index (χ0v) is 12.3. The Balaban J connectivity index is 1.52. The van der Waals surface area contributed by atoms with Crippen molar-refractivity contribution in [1.29, 1.82) is 0 Å². The predicted molar refractivity (Wildman–Crippen MR) is 74.9 cm³/mol. The van der Waals surface area contributed by atoms with E-state index < -0.39 is 0 Å². The third-order valence-electron chi connectivity index (χ3n) is 5.44. The normalized spacial score (nSPS) is 37.8. The summed E-state index contributed by atoms with van der Waals surface area (Å²) in [5, 5.41) is 2.73. The van der Waals surface area contributed by atoms with Crippen LogP contribution in [0.4, 0.5) is 0 Å². The summed E-state index contributed by atoms with van der Waals surface area (Å²) < 4.78 is 4.83. The molecular weight excluding hydrogens is 254 g/mol. The highest BCUT2D eigenvalue weighted by Gasteiger charge is 2.51. The molecular formula is C16H25NO3. The number of hydrogen-bond acceptors (Lipinski definition) is 3. The quantitative estimate of drug-likeness (QED) is 0.785. The molecule has 4 fully saturated rings. The molecule has 112 valence electrons. The molecule has 20 heavy (non-hydrogen) atoms. The number of carbonyl (C=O) groups is 2. The Hall–Kier alpha value is -1.06. The molecule has 4 aliphatic rings. The van der Waals surface area contributed by atoms with Crippen molar-refractivity contribution in [3.8, 4) is 0 Å². The van der Waals surface area contributed by atoms with Gasteiger partial charge in [0.1, 0.15) is 6.54 Å². The van der Waals surface area contributed by atoms with Crippen molar-refractivity contribution in [2.75, 3.05) is 13.2 Å². The summed E-state index contributed by atoms with van der Waals surface area (Å²) in [6.45, 7) is 2.15. The summed E-state index contributed by atoms with van der Waals surface area (Å²) >= 11 is 0. The maximum atomic E-state index is 12.1. The first kappa shape index (κ1) is 13.9. The lowest BCUT2D eigenvalue weighted by Crippen LogP contribution is -2.48. The lowest BCUT2D eigenvalue weighted by atomic mass is 9.49. The summed E-state index contributed by atoms with van der Waals surface area (Å²) in [6.07, 6.45) is 8.47. The highest BCUT2D eigenvalue weighted by Crippen LogP contribution is 2.61. The molecule has 0 atom stereocenters. The first-order chi connectivity index (χ1) is 9.58. The third-order valence-corrected chi connectivity index (χ3v) is 5.44. The largest absolute Gasteiger partial charge is 0.465 e. The monoisotopic (exact) mass is 279 g/mol. The number of carbonyl (C=O) groups excluding carboxylic acids is 2. The van der Waals surface area contributed by atoms with Gasteiger partial charge >= 0.3 is 5.97 Å². The minimum atomic E-state index is -0.341. The van der Waals surface area contributed by atoms with Gasteiger partial charge in [0, 0.05) is 6.42 Å². The van der Waals surface area contributed by atoms with E-state index in [1.807, 2.05) is 0 Å². The molecule has 0 radical (unpaired) electrons. The average Bonchev–Trinajstić information content (AvgIpc) is 2.34. The number of amides is 1. The van der Waals surface area contributed by atoms with Crippen molar-refractivity contribution in [3.05, 3.63) is 0 Å². The van der Waals surface area contributed by atoms with E-state index in [0.29, 0.717) is 13.0 Å². The van der Waals surface area contributed by atoms with Crippen LogP contribution < -0.4 is 5.32 Å². The van der Waals surface area contributed by atoms with E-state index in [1.165, 1.54) is 38.5 Å². The highest BCUT2D eigenvalue weighted by molar-refractivity contribution is 5.82.